The van der Waals surface area contributed by atoms with Crippen LogP contribution in [0.1, 0.15) is 10.4 Å². The molecule has 154 valence electrons. The Kier molecular flexibility index (Phi) is 7.99. The molecule has 2 aromatic carbocycles. The molecule has 0 radical (unpaired) electrons. The largest absolute Gasteiger partial charge is 0.493 e. The molecule has 9 nitrogen and oxygen atoms in total. The highest BCUT2D eigenvalue weighted by molar-refractivity contribution is 6.00. The Morgan fingerprint density at radius 3 is 1.93 bits per heavy atom. The second-order valence-electron chi connectivity index (χ2n) is 5.86. The molecular weight excluding hydrogens is 378 g/mol. The number of anilines is 2. The zero-order chi connectivity index (χ0) is 21.2. The lowest BCUT2D eigenvalue weighted by Gasteiger charge is -2.10. The summed E-state index contributed by atoms with van der Waals surface area (Å²) < 4.78 is 15.0. The normalized spacial score (nSPS) is 10.0. The first-order chi connectivity index (χ1) is 14.0. The fourth-order valence-corrected chi connectivity index (χ4v) is 2.41. The van der Waals surface area contributed by atoms with Crippen molar-refractivity contribution < 1.29 is 28.6 Å². The molecule has 3 N–H and O–H groups in total. The van der Waals surface area contributed by atoms with Gasteiger partial charge in [-0.05, 0) is 42.5 Å². The number of hydrogen-bond donors (Lipinski definition) is 3. The van der Waals surface area contributed by atoms with Crippen LogP contribution in [0.25, 0.3) is 0 Å². The van der Waals surface area contributed by atoms with Crippen LogP contribution in [0.15, 0.2) is 42.5 Å². The van der Waals surface area contributed by atoms with E-state index in [2.05, 4.69) is 16.0 Å². The smallest absolute Gasteiger partial charge is 0.251 e. The van der Waals surface area contributed by atoms with E-state index in [0.717, 1.165) is 0 Å². The molecule has 0 aliphatic carbocycles. The van der Waals surface area contributed by atoms with Gasteiger partial charge in [-0.15, -0.1) is 0 Å². The molecule has 3 amide bonds. The lowest BCUT2D eigenvalue weighted by atomic mass is 10.2. The Balaban J connectivity index is 1.86. The van der Waals surface area contributed by atoms with Gasteiger partial charge in [0, 0.05) is 24.0 Å². The standard InChI is InChI=1S/C20H23N3O6/c1-27-12-19(25)23-15-7-5-14(6-8-15)22-18(24)11-21-20(26)13-4-9-16(28-2)17(10-13)29-3/h4-10H,11-12H2,1-3H3,(H,21,26)(H,22,24)(H,23,25). The van der Waals surface area contributed by atoms with E-state index in [1.807, 2.05) is 0 Å². The number of rotatable bonds is 9. The second kappa shape index (κ2) is 10.7. The highest BCUT2D eigenvalue weighted by Crippen LogP contribution is 2.27. The van der Waals surface area contributed by atoms with Gasteiger partial charge in [0.25, 0.3) is 5.91 Å². The fourth-order valence-electron chi connectivity index (χ4n) is 2.41. The summed E-state index contributed by atoms with van der Waals surface area (Å²) in [6.45, 7) is -0.252. The molecule has 0 heterocycles. The van der Waals surface area contributed by atoms with Gasteiger partial charge >= 0.3 is 0 Å². The quantitative estimate of drug-likeness (QED) is 0.589. The summed E-state index contributed by atoms with van der Waals surface area (Å²) in [6.07, 6.45) is 0. The van der Waals surface area contributed by atoms with E-state index in [1.165, 1.54) is 27.4 Å². The lowest BCUT2D eigenvalue weighted by molar-refractivity contribution is -0.119. The molecule has 0 aromatic heterocycles. The predicted octanol–water partition coefficient (Wildman–Crippen LogP) is 1.66. The third-order valence-electron chi connectivity index (χ3n) is 3.78. The van der Waals surface area contributed by atoms with Crippen molar-refractivity contribution in [3.8, 4) is 11.5 Å². The minimum absolute atomic E-state index is 0.0434. The van der Waals surface area contributed by atoms with Gasteiger partial charge in [-0.2, -0.15) is 0 Å². The van der Waals surface area contributed by atoms with E-state index < -0.39 is 11.8 Å². The summed E-state index contributed by atoms with van der Waals surface area (Å²) in [6, 6.07) is 11.3. The van der Waals surface area contributed by atoms with Gasteiger partial charge in [0.15, 0.2) is 11.5 Å². The molecule has 2 rings (SSSR count). The van der Waals surface area contributed by atoms with Crippen LogP contribution in [0.4, 0.5) is 11.4 Å². The maximum Gasteiger partial charge on any atom is 0.251 e. The van der Waals surface area contributed by atoms with Gasteiger partial charge < -0.3 is 30.2 Å². The Hall–Kier alpha value is -3.59. The molecule has 29 heavy (non-hydrogen) atoms. The van der Waals surface area contributed by atoms with Gasteiger partial charge in [0.1, 0.15) is 6.61 Å². The minimum atomic E-state index is -0.419. The first-order valence-electron chi connectivity index (χ1n) is 8.65. The van der Waals surface area contributed by atoms with Gasteiger partial charge in [-0.3, -0.25) is 14.4 Å². The van der Waals surface area contributed by atoms with Crippen molar-refractivity contribution in [3.05, 3.63) is 48.0 Å². The maximum absolute atomic E-state index is 12.2. The van der Waals surface area contributed by atoms with Crippen molar-refractivity contribution in [3.63, 3.8) is 0 Å². The van der Waals surface area contributed by atoms with Crippen LogP contribution >= 0.6 is 0 Å². The summed E-state index contributed by atoms with van der Waals surface area (Å²) >= 11 is 0. The minimum Gasteiger partial charge on any atom is -0.493 e. The number of hydrogen-bond acceptors (Lipinski definition) is 6. The van der Waals surface area contributed by atoms with Crippen LogP contribution in [0.2, 0.25) is 0 Å². The van der Waals surface area contributed by atoms with Gasteiger partial charge in [-0.25, -0.2) is 0 Å². The molecule has 0 aliphatic rings. The highest BCUT2D eigenvalue weighted by Gasteiger charge is 2.12. The zero-order valence-corrected chi connectivity index (χ0v) is 16.4. The number of amides is 3. The SMILES string of the molecule is COCC(=O)Nc1ccc(NC(=O)CNC(=O)c2ccc(OC)c(OC)c2)cc1. The van der Waals surface area contributed by atoms with Crippen molar-refractivity contribution in [2.75, 3.05) is 45.1 Å². The molecule has 9 heteroatoms. The molecule has 0 spiro atoms. The van der Waals surface area contributed by atoms with E-state index in [1.54, 1.807) is 36.4 Å². The summed E-state index contributed by atoms with van der Waals surface area (Å²) in [5, 5.41) is 7.85. The molecule has 0 aliphatic heterocycles. The summed E-state index contributed by atoms with van der Waals surface area (Å²) in [4.78, 5) is 35.8. The molecule has 0 unspecified atom stereocenters. The average Bonchev–Trinajstić information content (AvgIpc) is 2.73. The lowest BCUT2D eigenvalue weighted by Crippen LogP contribution is -2.32. The van der Waals surface area contributed by atoms with E-state index >= 15 is 0 Å². The van der Waals surface area contributed by atoms with Crippen molar-refractivity contribution in [2.45, 2.75) is 0 Å². The van der Waals surface area contributed by atoms with E-state index in [-0.39, 0.29) is 19.1 Å². The third-order valence-corrected chi connectivity index (χ3v) is 3.78. The first kappa shape index (κ1) is 21.7. The average molecular weight is 401 g/mol. The Morgan fingerprint density at radius 1 is 0.793 bits per heavy atom. The van der Waals surface area contributed by atoms with Gasteiger partial charge in [-0.1, -0.05) is 0 Å². The van der Waals surface area contributed by atoms with E-state index in [9.17, 15) is 14.4 Å². The Morgan fingerprint density at radius 2 is 1.38 bits per heavy atom. The molecule has 0 atom stereocenters. The second-order valence-corrected chi connectivity index (χ2v) is 5.86. The number of carbonyl (C=O) groups excluding carboxylic acids is 3. The predicted molar refractivity (Wildman–Crippen MR) is 107 cm³/mol. The number of carbonyl (C=O) groups is 3. The molecule has 0 saturated carbocycles. The summed E-state index contributed by atoms with van der Waals surface area (Å²) in [7, 11) is 4.41. The summed E-state index contributed by atoms with van der Waals surface area (Å²) in [5.41, 5.74) is 1.44. The van der Waals surface area contributed by atoms with Crippen LogP contribution in [-0.4, -0.2) is 52.2 Å². The first-order valence-corrected chi connectivity index (χ1v) is 8.65. The third kappa shape index (κ3) is 6.51. The molecular formula is C20H23N3O6. The monoisotopic (exact) mass is 401 g/mol. The molecule has 2 aromatic rings. The summed E-state index contributed by atoms with van der Waals surface area (Å²) in [5.74, 6) is -0.166. The topological polar surface area (TPSA) is 115 Å². The Bertz CT molecular complexity index is 867. The van der Waals surface area contributed by atoms with Crippen molar-refractivity contribution >= 4 is 29.1 Å². The number of ether oxygens (including phenoxy) is 3. The van der Waals surface area contributed by atoms with Crippen molar-refractivity contribution in [1.82, 2.24) is 5.32 Å². The molecule has 0 bridgehead atoms. The number of benzene rings is 2. The van der Waals surface area contributed by atoms with Crippen LogP contribution in [0.3, 0.4) is 0 Å². The van der Waals surface area contributed by atoms with Crippen LogP contribution in [-0.2, 0) is 14.3 Å². The van der Waals surface area contributed by atoms with Crippen LogP contribution in [0, 0.1) is 0 Å². The fraction of sp³-hybridized carbons (Fsp3) is 0.250. The van der Waals surface area contributed by atoms with E-state index in [0.29, 0.717) is 28.4 Å². The zero-order valence-electron chi connectivity index (χ0n) is 16.4. The molecule has 0 fully saturated rings. The highest BCUT2D eigenvalue weighted by atomic mass is 16.5. The van der Waals surface area contributed by atoms with Crippen LogP contribution < -0.4 is 25.4 Å². The van der Waals surface area contributed by atoms with Crippen LogP contribution in [0.5, 0.6) is 11.5 Å². The van der Waals surface area contributed by atoms with Gasteiger partial charge in [0.2, 0.25) is 11.8 Å². The van der Waals surface area contributed by atoms with Crippen molar-refractivity contribution in [2.24, 2.45) is 0 Å². The number of methoxy groups -OCH3 is 3. The molecule has 0 saturated heterocycles. The van der Waals surface area contributed by atoms with Gasteiger partial charge in [0.05, 0.1) is 20.8 Å². The number of nitrogens with one attached hydrogen (secondary N) is 3. The van der Waals surface area contributed by atoms with E-state index in [4.69, 9.17) is 14.2 Å². The maximum atomic E-state index is 12.2. The Labute approximate surface area is 168 Å². The van der Waals surface area contributed by atoms with Crippen molar-refractivity contribution in [1.29, 1.82) is 0 Å².